The number of carbonyl (C=O) groups excluding carboxylic acids is 1. The molecule has 1 amide bonds. The second-order valence-electron chi connectivity index (χ2n) is 3.44. The molecule has 0 aliphatic carbocycles. The van der Waals surface area contributed by atoms with Crippen molar-refractivity contribution in [2.45, 2.75) is 25.3 Å². The van der Waals surface area contributed by atoms with Crippen molar-refractivity contribution in [1.29, 1.82) is 0 Å². The number of carbonyl (C=O) groups is 2. The highest BCUT2D eigenvalue weighted by molar-refractivity contribution is 5.80. The largest absolute Gasteiger partial charge is 0.480 e. The Balaban J connectivity index is 4.43. The fraction of sp³-hybridized carbons (Fsp3) is 0.750. The van der Waals surface area contributed by atoms with E-state index in [9.17, 15) is 9.59 Å². The van der Waals surface area contributed by atoms with Crippen LogP contribution in [0.2, 0.25) is 0 Å². The Morgan fingerprint density at radius 2 is 1.92 bits per heavy atom. The third-order valence-electron chi connectivity index (χ3n) is 2.31. The molecule has 0 aromatic rings. The summed E-state index contributed by atoms with van der Waals surface area (Å²) >= 11 is 0. The van der Waals surface area contributed by atoms with Gasteiger partial charge in [0.1, 0.15) is 5.54 Å². The molecule has 0 saturated heterocycles. The van der Waals surface area contributed by atoms with Crippen molar-refractivity contribution < 1.29 is 14.7 Å². The molecule has 0 bridgehead atoms. The van der Waals surface area contributed by atoms with Gasteiger partial charge in [0.2, 0.25) is 5.91 Å². The molecule has 76 valence electrons. The summed E-state index contributed by atoms with van der Waals surface area (Å²) in [6.45, 7) is 1.57. The normalized spacial score (nSPS) is 15.4. The van der Waals surface area contributed by atoms with Crippen LogP contribution < -0.4 is 5.73 Å². The van der Waals surface area contributed by atoms with E-state index in [0.29, 0.717) is 0 Å². The van der Waals surface area contributed by atoms with Crippen molar-refractivity contribution >= 4 is 11.9 Å². The smallest absolute Gasteiger partial charge is 0.323 e. The molecule has 0 saturated carbocycles. The molecule has 5 heteroatoms. The predicted molar refractivity (Wildman–Crippen MR) is 48.2 cm³/mol. The van der Waals surface area contributed by atoms with Crippen LogP contribution in [0.25, 0.3) is 0 Å². The molecular weight excluding hydrogens is 172 g/mol. The van der Waals surface area contributed by atoms with E-state index in [2.05, 4.69) is 0 Å². The third kappa shape index (κ3) is 3.02. The predicted octanol–water partition coefficient (Wildman–Crippen LogP) is -0.343. The van der Waals surface area contributed by atoms with Gasteiger partial charge in [-0.25, -0.2) is 0 Å². The number of carboxylic acids is 1. The van der Waals surface area contributed by atoms with E-state index in [1.807, 2.05) is 0 Å². The average Bonchev–Trinajstić information content (AvgIpc) is 1.99. The van der Waals surface area contributed by atoms with Crippen LogP contribution in [0.4, 0.5) is 0 Å². The van der Waals surface area contributed by atoms with Crippen LogP contribution in [0.3, 0.4) is 0 Å². The van der Waals surface area contributed by atoms with Gasteiger partial charge in [-0.1, -0.05) is 0 Å². The van der Waals surface area contributed by atoms with Gasteiger partial charge < -0.3 is 10.8 Å². The first-order chi connectivity index (χ1) is 5.80. The van der Waals surface area contributed by atoms with Gasteiger partial charge in [-0.3, -0.25) is 14.5 Å². The number of hydrogen-bond donors (Lipinski definition) is 2. The molecule has 0 fully saturated rings. The number of amides is 1. The summed E-state index contributed by atoms with van der Waals surface area (Å²) in [5, 5.41) is 8.92. The Labute approximate surface area is 77.5 Å². The minimum atomic E-state index is -1.02. The number of primary amides is 1. The van der Waals surface area contributed by atoms with Crippen LogP contribution in [0, 0.1) is 0 Å². The van der Waals surface area contributed by atoms with Crippen molar-refractivity contribution in [3.8, 4) is 0 Å². The number of carboxylic acid groups (broad SMARTS) is 1. The first-order valence-electron chi connectivity index (χ1n) is 4.00. The number of rotatable bonds is 5. The molecule has 0 aromatic carbocycles. The van der Waals surface area contributed by atoms with Crippen LogP contribution in [0.15, 0.2) is 0 Å². The van der Waals surface area contributed by atoms with Crippen LogP contribution in [0.1, 0.15) is 19.8 Å². The monoisotopic (exact) mass is 188 g/mol. The van der Waals surface area contributed by atoms with E-state index in [1.54, 1.807) is 25.9 Å². The lowest BCUT2D eigenvalue weighted by Gasteiger charge is -2.31. The third-order valence-corrected chi connectivity index (χ3v) is 2.31. The van der Waals surface area contributed by atoms with E-state index < -0.39 is 17.4 Å². The van der Waals surface area contributed by atoms with Gasteiger partial charge in [0, 0.05) is 6.42 Å². The van der Waals surface area contributed by atoms with Gasteiger partial charge in [0.25, 0.3) is 0 Å². The van der Waals surface area contributed by atoms with E-state index in [-0.39, 0.29) is 12.8 Å². The van der Waals surface area contributed by atoms with Crippen LogP contribution in [-0.2, 0) is 9.59 Å². The van der Waals surface area contributed by atoms with Crippen molar-refractivity contribution in [3.05, 3.63) is 0 Å². The number of aliphatic carboxylic acids is 1. The summed E-state index contributed by atoms with van der Waals surface area (Å²) in [5.41, 5.74) is 3.93. The van der Waals surface area contributed by atoms with Gasteiger partial charge >= 0.3 is 5.97 Å². The minimum Gasteiger partial charge on any atom is -0.480 e. The Hall–Kier alpha value is -1.10. The summed E-state index contributed by atoms with van der Waals surface area (Å²) in [4.78, 5) is 23.0. The summed E-state index contributed by atoms with van der Waals surface area (Å²) in [6, 6.07) is 0. The molecule has 0 unspecified atom stereocenters. The van der Waals surface area contributed by atoms with Gasteiger partial charge in [0.15, 0.2) is 0 Å². The topological polar surface area (TPSA) is 83.6 Å². The summed E-state index contributed by atoms with van der Waals surface area (Å²) < 4.78 is 0. The summed E-state index contributed by atoms with van der Waals surface area (Å²) in [6.07, 6.45) is 0.311. The molecule has 5 nitrogen and oxygen atoms in total. The zero-order chi connectivity index (χ0) is 10.6. The second kappa shape index (κ2) is 4.23. The maximum atomic E-state index is 10.9. The highest BCUT2D eigenvalue weighted by atomic mass is 16.4. The molecule has 1 atom stereocenters. The lowest BCUT2D eigenvalue weighted by atomic mass is 9.94. The first kappa shape index (κ1) is 11.9. The average molecular weight is 188 g/mol. The Morgan fingerprint density at radius 3 is 2.15 bits per heavy atom. The molecule has 0 aromatic heterocycles. The molecule has 13 heavy (non-hydrogen) atoms. The van der Waals surface area contributed by atoms with E-state index in [4.69, 9.17) is 10.8 Å². The zero-order valence-electron chi connectivity index (χ0n) is 8.20. The maximum Gasteiger partial charge on any atom is 0.323 e. The summed E-state index contributed by atoms with van der Waals surface area (Å²) in [5.74, 6) is -1.42. The van der Waals surface area contributed by atoms with Gasteiger partial charge in [0.05, 0.1) is 0 Å². The van der Waals surface area contributed by atoms with Crippen LogP contribution in [-0.4, -0.2) is 41.5 Å². The lowest BCUT2D eigenvalue weighted by molar-refractivity contribution is -0.149. The fourth-order valence-electron chi connectivity index (χ4n) is 0.888. The quantitative estimate of drug-likeness (QED) is 0.618. The molecule has 0 heterocycles. The molecule has 3 N–H and O–H groups in total. The Bertz CT molecular complexity index is 215. The van der Waals surface area contributed by atoms with Crippen LogP contribution >= 0.6 is 0 Å². The van der Waals surface area contributed by atoms with Gasteiger partial charge in [-0.2, -0.15) is 0 Å². The SMILES string of the molecule is CN(C)[C@@](C)(CCC(N)=O)C(=O)O. The maximum absolute atomic E-state index is 10.9. The molecule has 0 spiro atoms. The van der Waals surface area contributed by atoms with Crippen molar-refractivity contribution in [2.75, 3.05) is 14.1 Å². The number of likely N-dealkylation sites (N-methyl/N-ethyl adjacent to an activating group) is 1. The number of nitrogens with zero attached hydrogens (tertiary/aromatic N) is 1. The standard InChI is InChI=1S/C8H16N2O3/c1-8(7(12)13,10(2)3)5-4-6(9)11/h4-5H2,1-3H3,(H2,9,11)(H,12,13)/t8-/m0/s1. The molecule has 0 rings (SSSR count). The first-order valence-corrected chi connectivity index (χ1v) is 4.00. The van der Waals surface area contributed by atoms with Crippen molar-refractivity contribution in [3.63, 3.8) is 0 Å². The minimum absolute atomic E-state index is 0.0843. The number of hydrogen-bond acceptors (Lipinski definition) is 3. The second-order valence-corrected chi connectivity index (χ2v) is 3.44. The highest BCUT2D eigenvalue weighted by Gasteiger charge is 2.35. The van der Waals surface area contributed by atoms with Gasteiger partial charge in [-0.05, 0) is 27.4 Å². The van der Waals surface area contributed by atoms with Crippen molar-refractivity contribution in [1.82, 2.24) is 4.90 Å². The van der Waals surface area contributed by atoms with E-state index in [1.165, 1.54) is 0 Å². The zero-order valence-corrected chi connectivity index (χ0v) is 8.20. The summed E-state index contributed by atoms with van der Waals surface area (Å²) in [7, 11) is 3.32. The fourth-order valence-corrected chi connectivity index (χ4v) is 0.888. The molecule has 0 aliphatic rings. The van der Waals surface area contributed by atoms with E-state index in [0.717, 1.165) is 0 Å². The Kier molecular flexibility index (Phi) is 3.87. The Morgan fingerprint density at radius 1 is 1.46 bits per heavy atom. The van der Waals surface area contributed by atoms with E-state index >= 15 is 0 Å². The molecule has 0 aliphatic heterocycles. The molecule has 0 radical (unpaired) electrons. The lowest BCUT2D eigenvalue weighted by Crippen LogP contribution is -2.49. The van der Waals surface area contributed by atoms with Crippen molar-refractivity contribution in [2.24, 2.45) is 5.73 Å². The van der Waals surface area contributed by atoms with Crippen LogP contribution in [0.5, 0.6) is 0 Å². The van der Waals surface area contributed by atoms with Gasteiger partial charge in [-0.15, -0.1) is 0 Å². The highest BCUT2D eigenvalue weighted by Crippen LogP contribution is 2.18. The molecular formula is C8H16N2O3. The number of nitrogens with two attached hydrogens (primary N) is 1.